The van der Waals surface area contributed by atoms with E-state index in [9.17, 15) is 0 Å². The lowest BCUT2D eigenvalue weighted by atomic mass is 10.2. The molecule has 1 aromatic heterocycles. The van der Waals surface area contributed by atoms with Crippen LogP contribution >= 0.6 is 15.9 Å². The topological polar surface area (TPSA) is 67.2 Å². The third-order valence-corrected chi connectivity index (χ3v) is 3.57. The third kappa shape index (κ3) is 4.72. The Kier molecular flexibility index (Phi) is 6.19. The van der Waals surface area contributed by atoms with Crippen molar-refractivity contribution < 1.29 is 9.47 Å². The first-order valence-electron chi connectivity index (χ1n) is 6.73. The van der Waals surface area contributed by atoms with Crippen LogP contribution in [0.25, 0.3) is 0 Å². The SMILES string of the molecule is COCCOc1ccc(CNc2ccc(C#N)cc2Br)cn1. The predicted molar refractivity (Wildman–Crippen MR) is 87.8 cm³/mol. The Morgan fingerprint density at radius 3 is 2.77 bits per heavy atom. The molecule has 1 aromatic carbocycles. The first kappa shape index (κ1) is 16.3. The number of ether oxygens (including phenoxy) is 2. The van der Waals surface area contributed by atoms with Crippen LogP contribution in [0.15, 0.2) is 41.0 Å². The molecule has 0 spiro atoms. The Hall–Kier alpha value is -2.10. The average molecular weight is 362 g/mol. The van der Waals surface area contributed by atoms with Gasteiger partial charge in [-0.2, -0.15) is 5.26 Å². The Bertz CT molecular complexity index is 653. The van der Waals surface area contributed by atoms with Crippen molar-refractivity contribution in [2.45, 2.75) is 6.54 Å². The lowest BCUT2D eigenvalue weighted by molar-refractivity contribution is 0.143. The van der Waals surface area contributed by atoms with Gasteiger partial charge in [-0.15, -0.1) is 0 Å². The fraction of sp³-hybridized carbons (Fsp3) is 0.250. The van der Waals surface area contributed by atoms with Gasteiger partial charge in [0.2, 0.25) is 5.88 Å². The van der Waals surface area contributed by atoms with Crippen molar-refractivity contribution in [3.05, 3.63) is 52.1 Å². The van der Waals surface area contributed by atoms with Gasteiger partial charge in [0.05, 0.1) is 18.2 Å². The Labute approximate surface area is 138 Å². The van der Waals surface area contributed by atoms with Crippen molar-refractivity contribution in [3.63, 3.8) is 0 Å². The number of halogens is 1. The zero-order valence-corrected chi connectivity index (χ0v) is 13.8. The second-order valence-electron chi connectivity index (χ2n) is 4.51. The zero-order valence-electron chi connectivity index (χ0n) is 12.2. The van der Waals surface area contributed by atoms with Crippen LogP contribution in [0.1, 0.15) is 11.1 Å². The molecule has 2 rings (SSSR count). The molecule has 0 fully saturated rings. The van der Waals surface area contributed by atoms with Gasteiger partial charge < -0.3 is 14.8 Å². The molecule has 0 radical (unpaired) electrons. The van der Waals surface area contributed by atoms with Gasteiger partial charge in [0.15, 0.2) is 0 Å². The molecular formula is C16H16BrN3O2. The molecule has 0 saturated heterocycles. The molecule has 0 aliphatic rings. The summed E-state index contributed by atoms with van der Waals surface area (Å²) in [6, 6.07) is 11.3. The number of hydrogen-bond donors (Lipinski definition) is 1. The maximum Gasteiger partial charge on any atom is 0.213 e. The summed E-state index contributed by atoms with van der Waals surface area (Å²) in [5.74, 6) is 0.584. The molecule has 0 atom stereocenters. The summed E-state index contributed by atoms with van der Waals surface area (Å²) in [7, 11) is 1.63. The molecule has 2 aromatic rings. The van der Waals surface area contributed by atoms with Crippen molar-refractivity contribution >= 4 is 21.6 Å². The summed E-state index contributed by atoms with van der Waals surface area (Å²) in [6.45, 7) is 1.66. The standard InChI is InChI=1S/C16H16BrN3O2/c1-21-6-7-22-16-5-3-13(11-20-16)10-19-15-4-2-12(9-18)8-14(15)17/h2-5,8,11,19H,6-7,10H2,1H3. The minimum atomic E-state index is 0.485. The monoisotopic (exact) mass is 361 g/mol. The highest BCUT2D eigenvalue weighted by molar-refractivity contribution is 9.10. The predicted octanol–water partition coefficient (Wildman–Crippen LogP) is 3.35. The number of benzene rings is 1. The normalized spacial score (nSPS) is 10.0. The number of nitrogens with one attached hydrogen (secondary N) is 1. The van der Waals surface area contributed by atoms with Crippen LogP contribution in [0.4, 0.5) is 5.69 Å². The summed E-state index contributed by atoms with van der Waals surface area (Å²) in [4.78, 5) is 4.24. The van der Waals surface area contributed by atoms with Crippen LogP contribution in [0.3, 0.4) is 0 Å². The van der Waals surface area contributed by atoms with E-state index in [2.05, 4.69) is 32.3 Å². The van der Waals surface area contributed by atoms with Gasteiger partial charge in [-0.3, -0.25) is 0 Å². The second kappa shape index (κ2) is 8.37. The van der Waals surface area contributed by atoms with Gasteiger partial charge in [-0.25, -0.2) is 4.98 Å². The zero-order chi connectivity index (χ0) is 15.8. The van der Waals surface area contributed by atoms with Gasteiger partial charge in [0, 0.05) is 36.1 Å². The summed E-state index contributed by atoms with van der Waals surface area (Å²) in [5, 5.41) is 12.1. The number of nitrogens with zero attached hydrogens (tertiary/aromatic N) is 2. The third-order valence-electron chi connectivity index (χ3n) is 2.92. The fourth-order valence-electron chi connectivity index (χ4n) is 1.76. The number of anilines is 1. The van der Waals surface area contributed by atoms with E-state index in [4.69, 9.17) is 14.7 Å². The number of hydrogen-bond acceptors (Lipinski definition) is 5. The van der Waals surface area contributed by atoms with E-state index < -0.39 is 0 Å². The first-order chi connectivity index (χ1) is 10.7. The van der Waals surface area contributed by atoms with Crippen LogP contribution < -0.4 is 10.1 Å². The molecule has 0 amide bonds. The number of nitriles is 1. The van der Waals surface area contributed by atoms with Gasteiger partial charge in [-0.05, 0) is 39.7 Å². The highest BCUT2D eigenvalue weighted by Crippen LogP contribution is 2.24. The van der Waals surface area contributed by atoms with E-state index in [1.807, 2.05) is 18.2 Å². The smallest absolute Gasteiger partial charge is 0.213 e. The van der Waals surface area contributed by atoms with Crippen molar-refractivity contribution in [1.82, 2.24) is 4.98 Å². The molecule has 1 heterocycles. The Morgan fingerprint density at radius 1 is 1.27 bits per heavy atom. The van der Waals surface area contributed by atoms with E-state index in [1.165, 1.54) is 0 Å². The molecular weight excluding hydrogens is 346 g/mol. The highest BCUT2D eigenvalue weighted by Gasteiger charge is 2.02. The Balaban J connectivity index is 1.90. The molecule has 0 bridgehead atoms. The molecule has 0 aliphatic heterocycles. The fourth-order valence-corrected chi connectivity index (χ4v) is 2.27. The Morgan fingerprint density at radius 2 is 2.14 bits per heavy atom. The molecule has 1 N–H and O–H groups in total. The van der Waals surface area contributed by atoms with Crippen molar-refractivity contribution in [2.75, 3.05) is 25.6 Å². The van der Waals surface area contributed by atoms with E-state index in [1.54, 1.807) is 25.4 Å². The summed E-state index contributed by atoms with van der Waals surface area (Å²) >= 11 is 3.45. The van der Waals surface area contributed by atoms with E-state index in [-0.39, 0.29) is 0 Å². The number of pyridine rings is 1. The molecule has 5 nitrogen and oxygen atoms in total. The van der Waals surface area contributed by atoms with Crippen molar-refractivity contribution in [3.8, 4) is 11.9 Å². The van der Waals surface area contributed by atoms with Crippen LogP contribution in [0.2, 0.25) is 0 Å². The highest BCUT2D eigenvalue weighted by atomic mass is 79.9. The van der Waals surface area contributed by atoms with Crippen LogP contribution in [0, 0.1) is 11.3 Å². The molecule has 0 saturated carbocycles. The minimum absolute atomic E-state index is 0.485. The molecule has 0 aliphatic carbocycles. The molecule has 114 valence electrons. The molecule has 22 heavy (non-hydrogen) atoms. The van der Waals surface area contributed by atoms with Gasteiger partial charge in [-0.1, -0.05) is 6.07 Å². The summed E-state index contributed by atoms with van der Waals surface area (Å²) in [5.41, 5.74) is 2.59. The van der Waals surface area contributed by atoms with Crippen molar-refractivity contribution in [2.24, 2.45) is 0 Å². The quantitative estimate of drug-likeness (QED) is 0.765. The summed E-state index contributed by atoms with van der Waals surface area (Å²) < 4.78 is 11.2. The van der Waals surface area contributed by atoms with E-state index >= 15 is 0 Å². The lowest BCUT2D eigenvalue weighted by Crippen LogP contribution is -2.06. The lowest BCUT2D eigenvalue weighted by Gasteiger charge is -2.09. The van der Waals surface area contributed by atoms with E-state index in [0.717, 1.165) is 15.7 Å². The van der Waals surface area contributed by atoms with Gasteiger partial charge >= 0.3 is 0 Å². The van der Waals surface area contributed by atoms with Crippen molar-refractivity contribution in [1.29, 1.82) is 5.26 Å². The number of methoxy groups -OCH3 is 1. The summed E-state index contributed by atoms with van der Waals surface area (Å²) in [6.07, 6.45) is 1.77. The first-order valence-corrected chi connectivity index (χ1v) is 7.52. The second-order valence-corrected chi connectivity index (χ2v) is 5.36. The van der Waals surface area contributed by atoms with E-state index in [0.29, 0.717) is 31.2 Å². The van der Waals surface area contributed by atoms with Crippen LogP contribution in [-0.4, -0.2) is 25.3 Å². The maximum absolute atomic E-state index is 8.85. The minimum Gasteiger partial charge on any atom is -0.475 e. The molecule has 6 heteroatoms. The van der Waals surface area contributed by atoms with Gasteiger partial charge in [0.1, 0.15) is 6.61 Å². The van der Waals surface area contributed by atoms with Crippen LogP contribution in [-0.2, 0) is 11.3 Å². The average Bonchev–Trinajstić information content (AvgIpc) is 2.55. The van der Waals surface area contributed by atoms with Gasteiger partial charge in [0.25, 0.3) is 0 Å². The maximum atomic E-state index is 8.85. The number of aromatic nitrogens is 1. The number of rotatable bonds is 7. The molecule has 0 unspecified atom stereocenters. The largest absolute Gasteiger partial charge is 0.475 e. The van der Waals surface area contributed by atoms with Crippen LogP contribution in [0.5, 0.6) is 5.88 Å².